The molecule has 0 spiro atoms. The maximum Gasteiger partial charge on any atom is 0.261 e. The number of ether oxygens (including phenoxy) is 2. The topological polar surface area (TPSA) is 93.7 Å². The number of benzene rings is 3. The van der Waals surface area contributed by atoms with Crippen molar-refractivity contribution in [2.75, 3.05) is 25.0 Å². The first-order valence-electron chi connectivity index (χ1n) is 9.72. The number of halogens is 1. The second kappa shape index (κ2) is 10.4. The van der Waals surface area contributed by atoms with Gasteiger partial charge in [0, 0.05) is 16.3 Å². The molecule has 0 fully saturated rings. The Morgan fingerprint density at radius 3 is 2.44 bits per heavy atom. The molecule has 0 unspecified atom stereocenters. The van der Waals surface area contributed by atoms with Crippen molar-refractivity contribution < 1.29 is 22.7 Å². The smallest absolute Gasteiger partial charge is 0.261 e. The molecule has 32 heavy (non-hydrogen) atoms. The number of sulfonamides is 1. The number of methoxy groups -OCH3 is 1. The summed E-state index contributed by atoms with van der Waals surface area (Å²) in [5.41, 5.74) is 1.31. The third-order valence-corrected chi connectivity index (χ3v) is 6.17. The van der Waals surface area contributed by atoms with E-state index >= 15 is 0 Å². The summed E-state index contributed by atoms with van der Waals surface area (Å²) in [6, 6.07) is 17.9. The molecule has 3 aromatic rings. The summed E-state index contributed by atoms with van der Waals surface area (Å²) in [5, 5.41) is 3.30. The van der Waals surface area contributed by atoms with Crippen LogP contribution in [0, 0.1) is 6.92 Å². The van der Waals surface area contributed by atoms with Gasteiger partial charge in [-0.25, -0.2) is 8.42 Å². The molecule has 0 aliphatic rings. The van der Waals surface area contributed by atoms with Crippen LogP contribution >= 0.6 is 11.6 Å². The van der Waals surface area contributed by atoms with Crippen LogP contribution in [0.25, 0.3) is 0 Å². The number of carbonyl (C=O) groups excluding carboxylic acids is 1. The predicted molar refractivity (Wildman–Crippen MR) is 124 cm³/mol. The minimum Gasteiger partial charge on any atom is -0.497 e. The summed E-state index contributed by atoms with van der Waals surface area (Å²) < 4.78 is 38.7. The molecule has 1 amide bonds. The van der Waals surface area contributed by atoms with E-state index in [0.717, 1.165) is 0 Å². The molecule has 0 aromatic heterocycles. The highest BCUT2D eigenvalue weighted by atomic mass is 35.5. The van der Waals surface area contributed by atoms with Crippen LogP contribution in [-0.4, -0.2) is 34.6 Å². The molecule has 2 N–H and O–H groups in total. The first-order valence-corrected chi connectivity index (χ1v) is 11.6. The first kappa shape index (κ1) is 23.4. The van der Waals surface area contributed by atoms with E-state index in [0.29, 0.717) is 27.8 Å². The van der Waals surface area contributed by atoms with Crippen LogP contribution in [0.2, 0.25) is 5.02 Å². The summed E-state index contributed by atoms with van der Waals surface area (Å²) in [7, 11) is -2.35. The third-order valence-electron chi connectivity index (χ3n) is 4.56. The molecule has 0 bridgehead atoms. The fourth-order valence-corrected chi connectivity index (χ4v) is 4.14. The zero-order valence-corrected chi connectivity index (χ0v) is 19.2. The van der Waals surface area contributed by atoms with Gasteiger partial charge in [0.2, 0.25) is 0 Å². The monoisotopic (exact) mass is 474 g/mol. The van der Waals surface area contributed by atoms with Crippen LogP contribution in [0.3, 0.4) is 0 Å². The van der Waals surface area contributed by atoms with Crippen molar-refractivity contribution in [3.8, 4) is 11.5 Å². The number of anilines is 1. The van der Waals surface area contributed by atoms with E-state index in [-0.39, 0.29) is 23.6 Å². The van der Waals surface area contributed by atoms with Crippen LogP contribution in [-0.2, 0) is 10.0 Å². The van der Waals surface area contributed by atoms with Crippen molar-refractivity contribution in [1.29, 1.82) is 0 Å². The van der Waals surface area contributed by atoms with E-state index < -0.39 is 15.9 Å². The Morgan fingerprint density at radius 1 is 1.00 bits per heavy atom. The standard InChI is InChI=1S/C23H23ClN2O5S/c1-16-6-11-21(32(28,29)26-18-7-9-19(30-2)10-8-18)15-22(16)23(27)25-12-13-31-20-5-3-4-17(24)14-20/h3-11,14-15,26H,12-13H2,1-2H3,(H,25,27). The number of carbonyl (C=O) groups is 1. The van der Waals surface area contributed by atoms with Gasteiger partial charge in [0.25, 0.3) is 15.9 Å². The SMILES string of the molecule is COc1ccc(NS(=O)(=O)c2ccc(C)c(C(=O)NCCOc3cccc(Cl)c3)c2)cc1. The fraction of sp³-hybridized carbons (Fsp3) is 0.174. The molecular weight excluding hydrogens is 452 g/mol. The van der Waals surface area contributed by atoms with Crippen molar-refractivity contribution in [1.82, 2.24) is 5.32 Å². The third kappa shape index (κ3) is 6.15. The van der Waals surface area contributed by atoms with Crippen LogP contribution in [0.5, 0.6) is 11.5 Å². The number of rotatable bonds is 9. The lowest BCUT2D eigenvalue weighted by molar-refractivity contribution is 0.0946. The van der Waals surface area contributed by atoms with Gasteiger partial charge in [-0.05, 0) is 67.1 Å². The van der Waals surface area contributed by atoms with Crippen LogP contribution < -0.4 is 19.5 Å². The Balaban J connectivity index is 1.65. The summed E-state index contributed by atoms with van der Waals surface area (Å²) in [6.45, 7) is 2.22. The van der Waals surface area contributed by atoms with Crippen LogP contribution in [0.15, 0.2) is 71.6 Å². The highest BCUT2D eigenvalue weighted by molar-refractivity contribution is 7.92. The van der Waals surface area contributed by atoms with Crippen LogP contribution in [0.1, 0.15) is 15.9 Å². The van der Waals surface area contributed by atoms with Gasteiger partial charge in [-0.3, -0.25) is 9.52 Å². The number of aryl methyl sites for hydroxylation is 1. The van der Waals surface area contributed by atoms with Gasteiger partial charge in [0.05, 0.1) is 18.6 Å². The van der Waals surface area contributed by atoms with Gasteiger partial charge in [-0.15, -0.1) is 0 Å². The molecule has 3 rings (SSSR count). The zero-order chi connectivity index (χ0) is 23.1. The Bertz CT molecular complexity index is 1200. The normalized spacial score (nSPS) is 11.0. The van der Waals surface area contributed by atoms with Crippen molar-refractivity contribution in [3.63, 3.8) is 0 Å². The maximum absolute atomic E-state index is 12.8. The molecule has 0 saturated carbocycles. The Labute approximate surface area is 192 Å². The van der Waals surface area contributed by atoms with Crippen molar-refractivity contribution in [2.24, 2.45) is 0 Å². The van der Waals surface area contributed by atoms with Crippen LogP contribution in [0.4, 0.5) is 5.69 Å². The van der Waals surface area contributed by atoms with Crippen molar-refractivity contribution in [2.45, 2.75) is 11.8 Å². The summed E-state index contributed by atoms with van der Waals surface area (Å²) in [5.74, 6) is 0.820. The molecule has 0 aliphatic heterocycles. The lowest BCUT2D eigenvalue weighted by atomic mass is 10.1. The van der Waals surface area contributed by atoms with E-state index in [1.54, 1.807) is 61.5 Å². The van der Waals surface area contributed by atoms with Crippen molar-refractivity contribution in [3.05, 3.63) is 82.9 Å². The summed E-state index contributed by atoms with van der Waals surface area (Å²) >= 11 is 5.91. The Morgan fingerprint density at radius 2 is 1.75 bits per heavy atom. The Kier molecular flexibility index (Phi) is 7.61. The van der Waals surface area contributed by atoms with Gasteiger partial charge in [0.1, 0.15) is 18.1 Å². The lowest BCUT2D eigenvalue weighted by Gasteiger charge is -2.12. The average Bonchev–Trinajstić information content (AvgIpc) is 2.77. The average molecular weight is 475 g/mol. The highest BCUT2D eigenvalue weighted by Gasteiger charge is 2.18. The molecule has 0 aliphatic carbocycles. The van der Waals surface area contributed by atoms with Crippen molar-refractivity contribution >= 4 is 33.2 Å². The maximum atomic E-state index is 12.8. The predicted octanol–water partition coefficient (Wildman–Crippen LogP) is 4.27. The lowest BCUT2D eigenvalue weighted by Crippen LogP contribution is -2.29. The number of hydrogen-bond donors (Lipinski definition) is 2. The fourth-order valence-electron chi connectivity index (χ4n) is 2.87. The van der Waals surface area contributed by atoms with E-state index in [9.17, 15) is 13.2 Å². The molecule has 7 nitrogen and oxygen atoms in total. The molecule has 0 heterocycles. The largest absolute Gasteiger partial charge is 0.497 e. The van der Waals surface area contributed by atoms with Gasteiger partial charge in [-0.1, -0.05) is 23.7 Å². The molecule has 168 valence electrons. The van der Waals surface area contributed by atoms with Gasteiger partial charge >= 0.3 is 0 Å². The van der Waals surface area contributed by atoms with E-state index in [1.165, 1.54) is 19.2 Å². The molecule has 0 atom stereocenters. The van der Waals surface area contributed by atoms with Gasteiger partial charge in [-0.2, -0.15) is 0 Å². The molecular formula is C23H23ClN2O5S. The quantitative estimate of drug-likeness (QED) is 0.452. The molecule has 3 aromatic carbocycles. The molecule has 0 saturated heterocycles. The van der Waals surface area contributed by atoms with E-state index in [2.05, 4.69) is 10.0 Å². The first-order chi connectivity index (χ1) is 15.3. The number of hydrogen-bond acceptors (Lipinski definition) is 5. The summed E-state index contributed by atoms with van der Waals surface area (Å²) in [6.07, 6.45) is 0. The minimum absolute atomic E-state index is 0.0146. The second-order valence-corrected chi connectivity index (χ2v) is 8.99. The van der Waals surface area contributed by atoms with E-state index in [1.807, 2.05) is 0 Å². The Hall–Kier alpha value is -3.23. The second-order valence-electron chi connectivity index (χ2n) is 6.87. The van der Waals surface area contributed by atoms with Gasteiger partial charge in [0.15, 0.2) is 0 Å². The minimum atomic E-state index is -3.88. The zero-order valence-electron chi connectivity index (χ0n) is 17.6. The van der Waals surface area contributed by atoms with Gasteiger partial charge < -0.3 is 14.8 Å². The number of amides is 1. The summed E-state index contributed by atoms with van der Waals surface area (Å²) in [4.78, 5) is 12.6. The molecule has 9 heteroatoms. The highest BCUT2D eigenvalue weighted by Crippen LogP contribution is 2.21. The molecule has 0 radical (unpaired) electrons. The number of nitrogens with one attached hydrogen (secondary N) is 2. The van der Waals surface area contributed by atoms with E-state index in [4.69, 9.17) is 21.1 Å².